The topological polar surface area (TPSA) is 28.4 Å². The van der Waals surface area contributed by atoms with E-state index in [0.717, 1.165) is 44.1 Å². The fourth-order valence-electron chi connectivity index (χ4n) is 1.72. The van der Waals surface area contributed by atoms with E-state index in [1.165, 1.54) is 0 Å². The Kier molecular flexibility index (Phi) is 3.46. The van der Waals surface area contributed by atoms with Crippen molar-refractivity contribution >= 4 is 17.2 Å². The van der Waals surface area contributed by atoms with Gasteiger partial charge < -0.3 is 9.73 Å². The Morgan fingerprint density at radius 2 is 2.20 bits per heavy atom. The quantitative estimate of drug-likeness (QED) is 0.853. The number of rotatable bonds is 3. The van der Waals surface area contributed by atoms with Gasteiger partial charge in [0.15, 0.2) is 5.22 Å². The van der Waals surface area contributed by atoms with Crippen LogP contribution in [0.15, 0.2) is 23.1 Å². The molecule has 1 aromatic heterocycles. The first-order valence-electron chi connectivity index (χ1n) is 5.12. The summed E-state index contributed by atoms with van der Waals surface area (Å²) in [7, 11) is 0. The molecular formula is C11H15ClN2O. The first-order chi connectivity index (χ1) is 7.25. The molecule has 15 heavy (non-hydrogen) atoms. The normalized spacial score (nSPS) is 17.9. The van der Waals surface area contributed by atoms with Crippen LogP contribution in [0.25, 0.3) is 5.57 Å². The molecular weight excluding hydrogens is 212 g/mol. The van der Waals surface area contributed by atoms with Crippen molar-refractivity contribution in [1.82, 2.24) is 10.2 Å². The van der Waals surface area contributed by atoms with Crippen molar-refractivity contribution in [3.63, 3.8) is 0 Å². The van der Waals surface area contributed by atoms with E-state index in [-0.39, 0.29) is 0 Å². The third kappa shape index (κ3) is 2.84. The molecule has 1 fully saturated rings. The van der Waals surface area contributed by atoms with E-state index in [9.17, 15) is 0 Å². The monoisotopic (exact) mass is 226 g/mol. The molecule has 1 N–H and O–H groups in total. The lowest BCUT2D eigenvalue weighted by Gasteiger charge is -2.27. The van der Waals surface area contributed by atoms with E-state index >= 15 is 0 Å². The van der Waals surface area contributed by atoms with Gasteiger partial charge in [-0.25, -0.2) is 0 Å². The van der Waals surface area contributed by atoms with Crippen LogP contribution in [0.4, 0.5) is 0 Å². The van der Waals surface area contributed by atoms with Crippen molar-refractivity contribution < 1.29 is 4.42 Å². The number of piperazine rings is 1. The Labute approximate surface area is 94.7 Å². The minimum Gasteiger partial charge on any atom is -0.445 e. The van der Waals surface area contributed by atoms with Gasteiger partial charge in [0.05, 0.1) is 0 Å². The average Bonchev–Trinajstić information content (AvgIpc) is 2.66. The molecule has 1 aliphatic rings. The van der Waals surface area contributed by atoms with Crippen LogP contribution in [0.5, 0.6) is 0 Å². The lowest BCUT2D eigenvalue weighted by atomic mass is 10.2. The summed E-state index contributed by atoms with van der Waals surface area (Å²) in [6.45, 7) is 9.09. The molecule has 0 unspecified atom stereocenters. The summed E-state index contributed by atoms with van der Waals surface area (Å²) in [5, 5.41) is 3.74. The highest BCUT2D eigenvalue weighted by Crippen LogP contribution is 2.20. The summed E-state index contributed by atoms with van der Waals surface area (Å²) in [4.78, 5) is 2.36. The van der Waals surface area contributed by atoms with Crippen molar-refractivity contribution in [3.8, 4) is 0 Å². The van der Waals surface area contributed by atoms with Crippen molar-refractivity contribution in [2.24, 2.45) is 0 Å². The molecule has 2 heterocycles. The summed E-state index contributed by atoms with van der Waals surface area (Å²) >= 11 is 5.72. The Morgan fingerprint density at radius 1 is 1.47 bits per heavy atom. The summed E-state index contributed by atoms with van der Waals surface area (Å²) in [6.07, 6.45) is 0. The fraction of sp³-hybridized carbons (Fsp3) is 0.455. The van der Waals surface area contributed by atoms with Gasteiger partial charge >= 0.3 is 0 Å². The molecule has 0 atom stereocenters. The van der Waals surface area contributed by atoms with Crippen LogP contribution >= 0.6 is 11.6 Å². The second kappa shape index (κ2) is 4.84. The molecule has 0 spiro atoms. The molecule has 1 aliphatic heterocycles. The second-order valence-corrected chi connectivity index (χ2v) is 4.11. The van der Waals surface area contributed by atoms with Crippen LogP contribution < -0.4 is 5.32 Å². The molecule has 1 saturated heterocycles. The zero-order valence-electron chi connectivity index (χ0n) is 8.63. The van der Waals surface area contributed by atoms with E-state index in [1.807, 2.05) is 6.07 Å². The SMILES string of the molecule is C=C(CN1CCNCC1)c1ccc(Cl)o1. The van der Waals surface area contributed by atoms with Gasteiger partial charge in [0.25, 0.3) is 0 Å². The zero-order chi connectivity index (χ0) is 10.7. The van der Waals surface area contributed by atoms with Gasteiger partial charge in [-0.1, -0.05) is 6.58 Å². The molecule has 82 valence electrons. The minimum absolute atomic E-state index is 0.423. The Balaban J connectivity index is 1.91. The highest BCUT2D eigenvalue weighted by atomic mass is 35.5. The molecule has 0 bridgehead atoms. The first kappa shape index (κ1) is 10.7. The van der Waals surface area contributed by atoms with E-state index in [2.05, 4.69) is 16.8 Å². The number of nitrogens with one attached hydrogen (secondary N) is 1. The van der Waals surface area contributed by atoms with Gasteiger partial charge in [0, 0.05) is 38.3 Å². The third-order valence-electron chi connectivity index (χ3n) is 2.55. The summed E-state index contributed by atoms with van der Waals surface area (Å²) < 4.78 is 5.31. The number of nitrogens with zero attached hydrogens (tertiary/aromatic N) is 1. The maximum absolute atomic E-state index is 5.72. The molecule has 2 rings (SSSR count). The Bertz CT molecular complexity index is 342. The van der Waals surface area contributed by atoms with Crippen LogP contribution in [0.3, 0.4) is 0 Å². The zero-order valence-corrected chi connectivity index (χ0v) is 9.39. The van der Waals surface area contributed by atoms with E-state index in [4.69, 9.17) is 16.0 Å². The predicted octanol–water partition coefficient (Wildman–Crippen LogP) is 1.85. The highest BCUT2D eigenvalue weighted by molar-refractivity contribution is 6.28. The summed E-state index contributed by atoms with van der Waals surface area (Å²) in [6, 6.07) is 3.62. The van der Waals surface area contributed by atoms with Crippen molar-refractivity contribution in [3.05, 3.63) is 29.7 Å². The number of hydrogen-bond acceptors (Lipinski definition) is 3. The predicted molar refractivity (Wildman–Crippen MR) is 62.1 cm³/mol. The van der Waals surface area contributed by atoms with Crippen LogP contribution in [0, 0.1) is 0 Å². The highest BCUT2D eigenvalue weighted by Gasteiger charge is 2.12. The summed E-state index contributed by atoms with van der Waals surface area (Å²) in [5.74, 6) is 0.790. The molecule has 0 radical (unpaired) electrons. The van der Waals surface area contributed by atoms with E-state index in [1.54, 1.807) is 6.07 Å². The molecule has 0 saturated carbocycles. The summed E-state index contributed by atoms with van der Waals surface area (Å²) in [5.41, 5.74) is 0.990. The molecule has 0 aliphatic carbocycles. The van der Waals surface area contributed by atoms with Gasteiger partial charge in [-0.2, -0.15) is 0 Å². The standard InChI is InChI=1S/C11H15ClN2O/c1-9(10-2-3-11(12)15-10)8-14-6-4-13-5-7-14/h2-3,13H,1,4-8H2. The average molecular weight is 227 g/mol. The van der Waals surface area contributed by atoms with Crippen molar-refractivity contribution in [1.29, 1.82) is 0 Å². The Hall–Kier alpha value is -0.770. The molecule has 3 nitrogen and oxygen atoms in total. The number of furan rings is 1. The molecule has 4 heteroatoms. The van der Waals surface area contributed by atoms with Crippen LogP contribution in [0.1, 0.15) is 5.76 Å². The van der Waals surface area contributed by atoms with Gasteiger partial charge in [0.2, 0.25) is 0 Å². The molecule has 0 amide bonds. The van der Waals surface area contributed by atoms with Gasteiger partial charge in [-0.3, -0.25) is 4.90 Å². The molecule has 1 aromatic rings. The number of hydrogen-bond donors (Lipinski definition) is 1. The lowest BCUT2D eigenvalue weighted by molar-refractivity contribution is 0.267. The van der Waals surface area contributed by atoms with E-state index < -0.39 is 0 Å². The van der Waals surface area contributed by atoms with Gasteiger partial charge in [-0.15, -0.1) is 0 Å². The largest absolute Gasteiger partial charge is 0.445 e. The Morgan fingerprint density at radius 3 is 2.80 bits per heavy atom. The van der Waals surface area contributed by atoms with Gasteiger partial charge in [0.1, 0.15) is 5.76 Å². The minimum atomic E-state index is 0.423. The van der Waals surface area contributed by atoms with Crippen LogP contribution in [0.2, 0.25) is 5.22 Å². The molecule has 0 aromatic carbocycles. The van der Waals surface area contributed by atoms with Crippen molar-refractivity contribution in [2.45, 2.75) is 0 Å². The third-order valence-corrected chi connectivity index (χ3v) is 2.75. The smallest absolute Gasteiger partial charge is 0.193 e. The van der Waals surface area contributed by atoms with Crippen molar-refractivity contribution in [2.75, 3.05) is 32.7 Å². The van der Waals surface area contributed by atoms with Crippen LogP contribution in [-0.2, 0) is 0 Å². The van der Waals surface area contributed by atoms with E-state index in [0.29, 0.717) is 5.22 Å². The number of halogens is 1. The maximum atomic E-state index is 5.72. The maximum Gasteiger partial charge on any atom is 0.193 e. The first-order valence-corrected chi connectivity index (χ1v) is 5.50. The lowest BCUT2D eigenvalue weighted by Crippen LogP contribution is -2.43. The second-order valence-electron chi connectivity index (χ2n) is 3.73. The van der Waals surface area contributed by atoms with Gasteiger partial charge in [-0.05, 0) is 23.7 Å². The fourth-order valence-corrected chi connectivity index (χ4v) is 1.87. The van der Waals surface area contributed by atoms with Crippen LogP contribution in [-0.4, -0.2) is 37.6 Å².